The molecule has 0 bridgehead atoms. The number of anilines is 1. The molecule has 2 aliphatic carbocycles. The van der Waals surface area contributed by atoms with Crippen molar-refractivity contribution in [3.8, 4) is 5.75 Å². The van der Waals surface area contributed by atoms with Crippen molar-refractivity contribution in [2.24, 2.45) is 5.92 Å². The summed E-state index contributed by atoms with van der Waals surface area (Å²) in [7, 11) is 0. The molecule has 5 rings (SSSR count). The lowest BCUT2D eigenvalue weighted by atomic mass is 9.80. The highest BCUT2D eigenvalue weighted by atomic mass is 32.1. The fourth-order valence-electron chi connectivity index (χ4n) is 3.74. The van der Waals surface area contributed by atoms with Crippen LogP contribution in [0.15, 0.2) is 42.2 Å². The molecule has 2 aromatic heterocycles. The third-order valence-corrected chi connectivity index (χ3v) is 6.26. The van der Waals surface area contributed by atoms with Crippen molar-refractivity contribution in [2.75, 3.05) is 5.32 Å². The minimum Gasteiger partial charge on any atom is -0.488 e. The average Bonchev–Trinajstić information content (AvgIpc) is 3.13. The molecule has 1 aromatic carbocycles. The van der Waals surface area contributed by atoms with Crippen LogP contribution in [0.3, 0.4) is 0 Å². The normalized spacial score (nSPS) is 26.1. The highest BCUT2D eigenvalue weighted by Gasteiger charge is 2.39. The minimum absolute atomic E-state index is 0.0455. The SMILES string of the molecule is O=C(N[C@H]1C[C@H](Nc2ncccn2)C1)[C@H]1C[C@H](Oc2cccc3scnc23)C1. The summed E-state index contributed by atoms with van der Waals surface area (Å²) in [6.45, 7) is 0. The van der Waals surface area contributed by atoms with Gasteiger partial charge in [0.25, 0.3) is 0 Å². The Kier molecular flexibility index (Phi) is 4.56. The fourth-order valence-corrected chi connectivity index (χ4v) is 4.43. The second kappa shape index (κ2) is 7.35. The Morgan fingerprint density at radius 2 is 1.86 bits per heavy atom. The summed E-state index contributed by atoms with van der Waals surface area (Å²) in [5, 5.41) is 6.44. The van der Waals surface area contributed by atoms with Gasteiger partial charge in [-0.15, -0.1) is 11.3 Å². The zero-order valence-electron chi connectivity index (χ0n) is 15.2. The Morgan fingerprint density at radius 3 is 2.68 bits per heavy atom. The van der Waals surface area contributed by atoms with Crippen molar-refractivity contribution in [1.82, 2.24) is 20.3 Å². The standard InChI is InChI=1S/C20H21N5O2S/c26-19(24-13-9-14(10-13)25-20-21-5-2-6-22-20)12-7-15(8-12)27-16-3-1-4-17-18(16)23-11-28-17/h1-6,11-15H,7-10H2,(H,24,26)(H,21,22,25)/t12-,13-,14-,15-. The van der Waals surface area contributed by atoms with Crippen molar-refractivity contribution in [3.05, 3.63) is 42.2 Å². The number of rotatable bonds is 6. The molecule has 2 fully saturated rings. The lowest BCUT2D eigenvalue weighted by molar-refractivity contribution is -0.131. The van der Waals surface area contributed by atoms with Gasteiger partial charge in [-0.25, -0.2) is 15.0 Å². The molecule has 7 nitrogen and oxygen atoms in total. The maximum absolute atomic E-state index is 12.4. The number of para-hydroxylation sites is 1. The van der Waals surface area contributed by atoms with Crippen LogP contribution in [-0.2, 0) is 4.79 Å². The zero-order chi connectivity index (χ0) is 18.9. The Bertz CT molecular complexity index is 967. The molecule has 0 spiro atoms. The van der Waals surface area contributed by atoms with Gasteiger partial charge < -0.3 is 15.4 Å². The number of nitrogens with one attached hydrogen (secondary N) is 2. The first-order chi connectivity index (χ1) is 13.7. The number of aromatic nitrogens is 3. The van der Waals surface area contributed by atoms with Crippen LogP contribution in [-0.4, -0.2) is 39.0 Å². The predicted molar refractivity (Wildman–Crippen MR) is 107 cm³/mol. The molecule has 8 heteroatoms. The zero-order valence-corrected chi connectivity index (χ0v) is 16.1. The van der Waals surface area contributed by atoms with E-state index in [-0.39, 0.29) is 24.0 Å². The molecule has 2 N–H and O–H groups in total. The van der Waals surface area contributed by atoms with Crippen LogP contribution >= 0.6 is 11.3 Å². The molecule has 0 aliphatic heterocycles. The number of carbonyl (C=O) groups excluding carboxylic acids is 1. The second-order valence-electron chi connectivity index (χ2n) is 7.45. The lowest BCUT2D eigenvalue weighted by Gasteiger charge is -2.39. The third kappa shape index (κ3) is 3.52. The molecule has 28 heavy (non-hydrogen) atoms. The van der Waals surface area contributed by atoms with E-state index >= 15 is 0 Å². The van der Waals surface area contributed by atoms with Crippen molar-refractivity contribution in [1.29, 1.82) is 0 Å². The summed E-state index contributed by atoms with van der Waals surface area (Å²) in [5.41, 5.74) is 2.75. The van der Waals surface area contributed by atoms with Crippen LogP contribution in [0.1, 0.15) is 25.7 Å². The number of ether oxygens (including phenoxy) is 1. The van der Waals surface area contributed by atoms with Crippen molar-refractivity contribution < 1.29 is 9.53 Å². The van der Waals surface area contributed by atoms with Crippen molar-refractivity contribution in [2.45, 2.75) is 43.9 Å². The average molecular weight is 395 g/mol. The first kappa shape index (κ1) is 17.4. The maximum Gasteiger partial charge on any atom is 0.223 e. The Labute approximate surface area is 166 Å². The van der Waals surface area contributed by atoms with E-state index in [0.717, 1.165) is 41.6 Å². The molecule has 0 saturated heterocycles. The Morgan fingerprint density at radius 1 is 1.04 bits per heavy atom. The summed E-state index contributed by atoms with van der Waals surface area (Å²) < 4.78 is 7.20. The van der Waals surface area contributed by atoms with Gasteiger partial charge in [0.1, 0.15) is 17.4 Å². The van der Waals surface area contributed by atoms with Crippen LogP contribution < -0.4 is 15.4 Å². The van der Waals surface area contributed by atoms with E-state index in [1.165, 1.54) is 0 Å². The molecule has 2 saturated carbocycles. The number of fused-ring (bicyclic) bond motifs is 1. The first-order valence-electron chi connectivity index (χ1n) is 9.57. The van der Waals surface area contributed by atoms with Crippen LogP contribution in [0, 0.1) is 5.92 Å². The van der Waals surface area contributed by atoms with E-state index in [2.05, 4.69) is 25.6 Å². The van der Waals surface area contributed by atoms with E-state index in [1.807, 2.05) is 23.7 Å². The van der Waals surface area contributed by atoms with E-state index in [0.29, 0.717) is 12.0 Å². The van der Waals surface area contributed by atoms with E-state index in [1.54, 1.807) is 29.8 Å². The van der Waals surface area contributed by atoms with E-state index < -0.39 is 0 Å². The number of benzene rings is 1. The summed E-state index contributed by atoms with van der Waals surface area (Å²) in [5.74, 6) is 1.65. The topological polar surface area (TPSA) is 89.0 Å². The van der Waals surface area contributed by atoms with Gasteiger partial charge >= 0.3 is 0 Å². The van der Waals surface area contributed by atoms with Crippen LogP contribution in [0.5, 0.6) is 5.75 Å². The Balaban J connectivity index is 1.05. The van der Waals surface area contributed by atoms with Crippen LogP contribution in [0.4, 0.5) is 5.95 Å². The smallest absolute Gasteiger partial charge is 0.223 e. The Hall–Kier alpha value is -2.74. The summed E-state index contributed by atoms with van der Waals surface area (Å²) in [4.78, 5) is 25.2. The van der Waals surface area contributed by atoms with Crippen LogP contribution in [0.2, 0.25) is 0 Å². The molecule has 0 unspecified atom stereocenters. The number of carbonyl (C=O) groups is 1. The molecule has 2 heterocycles. The summed E-state index contributed by atoms with van der Waals surface area (Å²) >= 11 is 1.61. The first-order valence-corrected chi connectivity index (χ1v) is 10.5. The molecule has 1 amide bonds. The molecular formula is C20H21N5O2S. The maximum atomic E-state index is 12.4. The highest BCUT2D eigenvalue weighted by molar-refractivity contribution is 7.16. The molecule has 0 atom stereocenters. The van der Waals surface area contributed by atoms with Crippen LogP contribution in [0.25, 0.3) is 10.2 Å². The summed E-state index contributed by atoms with van der Waals surface area (Å²) in [6, 6.07) is 8.33. The van der Waals surface area contributed by atoms with Crippen molar-refractivity contribution >= 4 is 33.4 Å². The number of nitrogens with zero attached hydrogens (tertiary/aromatic N) is 3. The number of hydrogen-bond donors (Lipinski definition) is 2. The molecule has 2 aliphatic rings. The summed E-state index contributed by atoms with van der Waals surface area (Å²) in [6.07, 6.45) is 6.87. The fraction of sp³-hybridized carbons (Fsp3) is 0.400. The molecule has 144 valence electrons. The van der Waals surface area contributed by atoms with Gasteiger partial charge in [-0.05, 0) is 43.9 Å². The predicted octanol–water partition coefficient (Wildman–Crippen LogP) is 3.00. The second-order valence-corrected chi connectivity index (χ2v) is 8.34. The van der Waals surface area contributed by atoms with Gasteiger partial charge in [0.05, 0.1) is 10.2 Å². The largest absolute Gasteiger partial charge is 0.488 e. The number of thiazole rings is 1. The highest BCUT2D eigenvalue weighted by Crippen LogP contribution is 2.35. The van der Waals surface area contributed by atoms with E-state index in [4.69, 9.17) is 4.74 Å². The van der Waals surface area contributed by atoms with E-state index in [9.17, 15) is 4.79 Å². The molecular weight excluding hydrogens is 374 g/mol. The number of amides is 1. The van der Waals surface area contributed by atoms with Crippen molar-refractivity contribution in [3.63, 3.8) is 0 Å². The van der Waals surface area contributed by atoms with Gasteiger partial charge in [-0.3, -0.25) is 4.79 Å². The van der Waals surface area contributed by atoms with Gasteiger partial charge in [0, 0.05) is 30.4 Å². The van der Waals surface area contributed by atoms with Gasteiger partial charge in [0.2, 0.25) is 11.9 Å². The quantitative estimate of drug-likeness (QED) is 0.667. The number of hydrogen-bond acceptors (Lipinski definition) is 7. The minimum atomic E-state index is 0.0455. The lowest BCUT2D eigenvalue weighted by Crippen LogP contribution is -2.53. The molecule has 0 radical (unpaired) electrons. The third-order valence-electron chi connectivity index (χ3n) is 5.47. The van der Waals surface area contributed by atoms with Gasteiger partial charge in [0.15, 0.2) is 0 Å². The molecule has 3 aromatic rings. The van der Waals surface area contributed by atoms with Gasteiger partial charge in [-0.2, -0.15) is 0 Å². The monoisotopic (exact) mass is 395 g/mol. The van der Waals surface area contributed by atoms with Gasteiger partial charge in [-0.1, -0.05) is 6.07 Å².